The molecule has 0 spiro atoms. The Bertz CT molecular complexity index is 1090. The summed E-state index contributed by atoms with van der Waals surface area (Å²) in [5, 5.41) is 10.7. The Hall–Kier alpha value is -2.56. The SMILES string of the molecule is Cc1cc(COc2c(Cl)cc(C(=O)NCC(=O)O)cc2Cl)c(F)c(NS(C)(=O)=O)c1. The van der Waals surface area contributed by atoms with Gasteiger partial charge in [0.2, 0.25) is 10.0 Å². The molecule has 0 aliphatic carbocycles. The van der Waals surface area contributed by atoms with Gasteiger partial charge in [-0.1, -0.05) is 23.2 Å². The summed E-state index contributed by atoms with van der Waals surface area (Å²) in [5.74, 6) is -2.76. The van der Waals surface area contributed by atoms with Crippen LogP contribution in [0.15, 0.2) is 24.3 Å². The zero-order valence-electron chi connectivity index (χ0n) is 15.8. The highest BCUT2D eigenvalue weighted by Gasteiger charge is 2.17. The minimum Gasteiger partial charge on any atom is -0.486 e. The van der Waals surface area contributed by atoms with E-state index in [4.69, 9.17) is 33.0 Å². The molecule has 2 aromatic carbocycles. The Morgan fingerprint density at radius 1 is 1.17 bits per heavy atom. The number of halogens is 3. The maximum atomic E-state index is 14.6. The molecule has 0 atom stereocenters. The van der Waals surface area contributed by atoms with Crippen LogP contribution in [-0.2, 0) is 21.4 Å². The van der Waals surface area contributed by atoms with E-state index in [1.807, 2.05) is 0 Å². The number of carbonyl (C=O) groups excluding carboxylic acids is 1. The largest absolute Gasteiger partial charge is 0.486 e. The predicted octanol–water partition coefficient (Wildman–Crippen LogP) is 3.21. The van der Waals surface area contributed by atoms with Gasteiger partial charge in [-0.05, 0) is 36.8 Å². The van der Waals surface area contributed by atoms with Gasteiger partial charge in [-0.15, -0.1) is 0 Å². The molecule has 2 aromatic rings. The molecule has 0 unspecified atom stereocenters. The molecule has 0 aromatic heterocycles. The molecule has 1 amide bonds. The van der Waals surface area contributed by atoms with E-state index in [2.05, 4.69) is 10.0 Å². The molecule has 162 valence electrons. The fourth-order valence-electron chi connectivity index (χ4n) is 2.46. The maximum Gasteiger partial charge on any atom is 0.322 e. The number of aliphatic carboxylic acids is 1. The number of carbonyl (C=O) groups is 2. The number of ether oxygens (including phenoxy) is 1. The van der Waals surface area contributed by atoms with Gasteiger partial charge in [0, 0.05) is 11.1 Å². The van der Waals surface area contributed by atoms with Gasteiger partial charge in [-0.25, -0.2) is 12.8 Å². The van der Waals surface area contributed by atoms with E-state index in [9.17, 15) is 22.4 Å². The van der Waals surface area contributed by atoms with Gasteiger partial charge in [0.15, 0.2) is 11.6 Å². The fraction of sp³-hybridized carbons (Fsp3) is 0.222. The van der Waals surface area contributed by atoms with Crippen molar-refractivity contribution in [1.29, 1.82) is 0 Å². The number of carboxylic acid groups (broad SMARTS) is 1. The first kappa shape index (κ1) is 23.7. The number of carboxylic acids is 1. The smallest absolute Gasteiger partial charge is 0.322 e. The third-order valence-corrected chi connectivity index (χ3v) is 4.77. The molecule has 0 fully saturated rings. The van der Waals surface area contributed by atoms with E-state index in [-0.39, 0.29) is 39.2 Å². The lowest BCUT2D eigenvalue weighted by Gasteiger charge is -2.14. The summed E-state index contributed by atoms with van der Waals surface area (Å²) < 4.78 is 45.0. The summed E-state index contributed by atoms with van der Waals surface area (Å²) >= 11 is 12.2. The lowest BCUT2D eigenvalue weighted by molar-refractivity contribution is -0.135. The molecule has 0 bridgehead atoms. The number of nitrogens with one attached hydrogen (secondary N) is 2. The molecular formula is C18H17Cl2FN2O6S. The topological polar surface area (TPSA) is 122 Å². The molecule has 3 N–H and O–H groups in total. The number of rotatable bonds is 8. The Kier molecular flexibility index (Phi) is 7.51. The third-order valence-electron chi connectivity index (χ3n) is 3.62. The molecular weight excluding hydrogens is 462 g/mol. The second kappa shape index (κ2) is 9.50. The van der Waals surface area contributed by atoms with Crippen molar-refractivity contribution in [2.24, 2.45) is 0 Å². The maximum absolute atomic E-state index is 14.6. The summed E-state index contributed by atoms with van der Waals surface area (Å²) in [4.78, 5) is 22.5. The summed E-state index contributed by atoms with van der Waals surface area (Å²) in [6.07, 6.45) is 0.901. The van der Waals surface area contributed by atoms with Crippen LogP contribution in [0.25, 0.3) is 0 Å². The molecule has 0 aliphatic heterocycles. The van der Waals surface area contributed by atoms with Crippen molar-refractivity contribution in [2.45, 2.75) is 13.5 Å². The molecule has 2 rings (SSSR count). The monoisotopic (exact) mass is 478 g/mol. The first-order chi connectivity index (χ1) is 13.9. The van der Waals surface area contributed by atoms with Crippen molar-refractivity contribution in [3.05, 3.63) is 56.8 Å². The lowest BCUT2D eigenvalue weighted by Crippen LogP contribution is -2.29. The highest BCUT2D eigenvalue weighted by molar-refractivity contribution is 7.92. The Balaban J connectivity index is 2.24. The first-order valence-electron chi connectivity index (χ1n) is 8.26. The molecule has 0 saturated carbocycles. The van der Waals surface area contributed by atoms with Crippen molar-refractivity contribution in [3.8, 4) is 5.75 Å². The standard InChI is InChI=1S/C18H17Cl2FN2O6S/c1-9-3-11(16(21)14(4-9)23-30(2,27)28)8-29-17-12(19)5-10(6-13(17)20)18(26)22-7-15(24)25/h3-6,23H,7-8H2,1-2H3,(H,22,26)(H,24,25). The molecule has 0 heterocycles. The second-order valence-corrected chi connectivity index (χ2v) is 8.86. The van der Waals surface area contributed by atoms with Gasteiger partial charge >= 0.3 is 5.97 Å². The first-order valence-corrected chi connectivity index (χ1v) is 10.9. The average molecular weight is 479 g/mol. The second-order valence-electron chi connectivity index (χ2n) is 6.29. The zero-order chi connectivity index (χ0) is 22.6. The molecule has 0 saturated heterocycles. The highest BCUT2D eigenvalue weighted by Crippen LogP contribution is 2.35. The van der Waals surface area contributed by atoms with Crippen molar-refractivity contribution < 1.29 is 32.2 Å². The van der Waals surface area contributed by atoms with Crippen molar-refractivity contribution in [3.63, 3.8) is 0 Å². The van der Waals surface area contributed by atoms with Crippen LogP contribution in [-0.4, -0.2) is 38.2 Å². The summed E-state index contributed by atoms with van der Waals surface area (Å²) in [6.45, 7) is 0.750. The Morgan fingerprint density at radius 2 is 1.77 bits per heavy atom. The third kappa shape index (κ3) is 6.48. The normalized spacial score (nSPS) is 11.1. The minimum atomic E-state index is -3.68. The number of amides is 1. The average Bonchev–Trinajstić information content (AvgIpc) is 2.61. The van der Waals surface area contributed by atoms with Crippen molar-refractivity contribution in [2.75, 3.05) is 17.5 Å². The van der Waals surface area contributed by atoms with Crippen molar-refractivity contribution >= 4 is 50.8 Å². The number of benzene rings is 2. The van der Waals surface area contributed by atoms with Gasteiger partial charge in [-0.2, -0.15) is 0 Å². The van der Waals surface area contributed by atoms with Crippen LogP contribution >= 0.6 is 23.2 Å². The van der Waals surface area contributed by atoms with Crippen LogP contribution in [0.2, 0.25) is 10.0 Å². The molecule has 12 heteroatoms. The van der Waals surface area contributed by atoms with Crippen LogP contribution in [0.4, 0.5) is 10.1 Å². The summed E-state index contributed by atoms with van der Waals surface area (Å²) in [6, 6.07) is 5.26. The van der Waals surface area contributed by atoms with Gasteiger partial charge in [0.25, 0.3) is 5.91 Å². The fourth-order valence-corrected chi connectivity index (χ4v) is 3.60. The molecule has 30 heavy (non-hydrogen) atoms. The minimum absolute atomic E-state index is 0.0139. The number of hydrogen-bond donors (Lipinski definition) is 3. The van der Waals surface area contributed by atoms with Gasteiger partial charge in [0.1, 0.15) is 13.2 Å². The Labute approximate surface area is 182 Å². The van der Waals surface area contributed by atoms with E-state index in [0.717, 1.165) is 6.26 Å². The quantitative estimate of drug-likeness (QED) is 0.535. The van der Waals surface area contributed by atoms with Crippen LogP contribution in [0.5, 0.6) is 5.75 Å². The van der Waals surface area contributed by atoms with E-state index >= 15 is 0 Å². The highest BCUT2D eigenvalue weighted by atomic mass is 35.5. The zero-order valence-corrected chi connectivity index (χ0v) is 18.1. The van der Waals surface area contributed by atoms with Crippen LogP contribution in [0.1, 0.15) is 21.5 Å². The molecule has 8 nitrogen and oxygen atoms in total. The lowest BCUT2D eigenvalue weighted by atomic mass is 10.1. The van der Waals surface area contributed by atoms with E-state index in [1.54, 1.807) is 6.92 Å². The van der Waals surface area contributed by atoms with Crippen LogP contribution in [0, 0.1) is 12.7 Å². The van der Waals surface area contributed by atoms with Gasteiger partial charge in [0.05, 0.1) is 22.0 Å². The summed E-state index contributed by atoms with van der Waals surface area (Å²) in [5.41, 5.74) is 0.430. The molecule has 0 radical (unpaired) electrons. The Morgan fingerprint density at radius 3 is 2.30 bits per heavy atom. The number of sulfonamides is 1. The van der Waals surface area contributed by atoms with Gasteiger partial charge < -0.3 is 15.2 Å². The van der Waals surface area contributed by atoms with E-state index < -0.39 is 34.3 Å². The predicted molar refractivity (Wildman–Crippen MR) is 110 cm³/mol. The van der Waals surface area contributed by atoms with Crippen molar-refractivity contribution in [1.82, 2.24) is 5.32 Å². The molecule has 0 aliphatic rings. The van der Waals surface area contributed by atoms with E-state index in [0.29, 0.717) is 5.56 Å². The number of hydrogen-bond acceptors (Lipinski definition) is 5. The van der Waals surface area contributed by atoms with E-state index in [1.165, 1.54) is 24.3 Å². The summed E-state index contributed by atoms with van der Waals surface area (Å²) in [7, 11) is -3.68. The van der Waals surface area contributed by atoms with Crippen LogP contribution in [0.3, 0.4) is 0 Å². The van der Waals surface area contributed by atoms with Gasteiger partial charge in [-0.3, -0.25) is 14.3 Å². The number of aryl methyl sites for hydroxylation is 1. The van der Waals surface area contributed by atoms with Crippen LogP contribution < -0.4 is 14.8 Å². The number of anilines is 1.